The number of carbonyl (C=O) groups is 4. The number of aliphatic hydroxyl groups is 1. The zero-order valence-electron chi connectivity index (χ0n) is 51.0. The van der Waals surface area contributed by atoms with Crippen molar-refractivity contribution in [2.75, 3.05) is 39.6 Å². The lowest BCUT2D eigenvalue weighted by molar-refractivity contribution is -0.161. The maximum atomic E-state index is 12.9. The average Bonchev–Trinajstić information content (AvgIpc) is 3.43. The largest absolute Gasteiger partial charge is 0.472 e. The molecule has 0 saturated carbocycles. The van der Waals surface area contributed by atoms with Crippen LogP contribution in [0.15, 0.2) is 0 Å². The van der Waals surface area contributed by atoms with Crippen molar-refractivity contribution < 1.29 is 80.2 Å². The first kappa shape index (κ1) is 78.1. The molecule has 2 unspecified atom stereocenters. The van der Waals surface area contributed by atoms with Crippen LogP contribution in [0.2, 0.25) is 0 Å². The molecule has 0 amide bonds. The Labute approximate surface area is 486 Å². The predicted octanol–water partition coefficient (Wildman–Crippen LogP) is 16.8. The Morgan fingerprint density at radius 1 is 0.300 bits per heavy atom. The number of hydrogen-bond donors (Lipinski definition) is 3. The van der Waals surface area contributed by atoms with Crippen molar-refractivity contribution in [3.05, 3.63) is 0 Å². The molecular weight excluding hydrogens is 1070 g/mol. The Balaban J connectivity index is 5.20. The standard InChI is InChI=1S/C61H118O17P2/c1-5-9-13-17-21-25-27-29-31-35-38-42-46-59(64)72-52-57(78-61(66)48-44-40-36-32-30-28-26-22-18-14-10-6-2)54-76-80(69,70)74-50-55(62)49-73-79(67,68)75-53-56(77-60(65)47-43-39-34-24-20-16-12-8-4)51-71-58(63)45-41-37-33-23-19-15-11-7-3/h55-57,62H,5-54H2,1-4H3,(H,67,68)(H,69,70)/t55-,56+,57+/m0/s1. The summed E-state index contributed by atoms with van der Waals surface area (Å²) in [6.07, 6.45) is 40.3. The van der Waals surface area contributed by atoms with E-state index in [2.05, 4.69) is 27.7 Å². The average molecular weight is 1190 g/mol. The summed E-state index contributed by atoms with van der Waals surface area (Å²) in [4.78, 5) is 71.9. The number of ether oxygens (including phenoxy) is 4. The fourth-order valence-electron chi connectivity index (χ4n) is 9.10. The number of unbranched alkanes of at least 4 members (excludes halogenated alkanes) is 36. The van der Waals surface area contributed by atoms with E-state index in [1.807, 2.05) is 0 Å². The van der Waals surface area contributed by atoms with Crippen LogP contribution in [-0.4, -0.2) is 96.7 Å². The number of phosphoric acid groups is 2. The minimum Gasteiger partial charge on any atom is -0.462 e. The second kappa shape index (κ2) is 56.2. The maximum Gasteiger partial charge on any atom is 0.472 e. The summed E-state index contributed by atoms with van der Waals surface area (Å²) >= 11 is 0. The van der Waals surface area contributed by atoms with Gasteiger partial charge in [-0.05, 0) is 25.7 Å². The molecule has 17 nitrogen and oxygen atoms in total. The van der Waals surface area contributed by atoms with Crippen LogP contribution < -0.4 is 0 Å². The number of carbonyl (C=O) groups excluding carboxylic acids is 4. The molecule has 0 bridgehead atoms. The molecule has 0 fully saturated rings. The summed E-state index contributed by atoms with van der Waals surface area (Å²) in [7, 11) is -9.87. The van der Waals surface area contributed by atoms with Crippen LogP contribution in [0, 0.1) is 0 Å². The normalized spacial score (nSPS) is 14.2. The van der Waals surface area contributed by atoms with E-state index in [0.29, 0.717) is 25.7 Å². The molecule has 0 aliphatic rings. The lowest BCUT2D eigenvalue weighted by atomic mass is 10.0. The van der Waals surface area contributed by atoms with E-state index in [9.17, 15) is 43.2 Å². The van der Waals surface area contributed by atoms with Gasteiger partial charge in [-0.25, -0.2) is 9.13 Å². The van der Waals surface area contributed by atoms with E-state index >= 15 is 0 Å². The van der Waals surface area contributed by atoms with Gasteiger partial charge in [-0.1, -0.05) is 259 Å². The fourth-order valence-corrected chi connectivity index (χ4v) is 10.7. The molecule has 0 aromatic heterocycles. The lowest BCUT2D eigenvalue weighted by Gasteiger charge is -2.21. The number of rotatable bonds is 62. The molecule has 474 valence electrons. The molecule has 0 heterocycles. The van der Waals surface area contributed by atoms with E-state index in [0.717, 1.165) is 103 Å². The molecule has 0 aromatic carbocycles. The number of esters is 4. The van der Waals surface area contributed by atoms with Crippen molar-refractivity contribution in [1.29, 1.82) is 0 Å². The first-order chi connectivity index (χ1) is 38.7. The molecular formula is C61H118O17P2. The third kappa shape index (κ3) is 55.3. The molecule has 0 saturated heterocycles. The van der Waals surface area contributed by atoms with E-state index < -0.39 is 97.5 Å². The van der Waals surface area contributed by atoms with Crippen LogP contribution in [0.5, 0.6) is 0 Å². The van der Waals surface area contributed by atoms with Crippen LogP contribution >= 0.6 is 15.6 Å². The first-order valence-electron chi connectivity index (χ1n) is 32.3. The molecule has 19 heteroatoms. The number of phosphoric ester groups is 2. The summed E-state index contributed by atoms with van der Waals surface area (Å²) in [6.45, 7) is 4.82. The maximum absolute atomic E-state index is 12.9. The second-order valence-corrected chi connectivity index (χ2v) is 25.0. The SMILES string of the molecule is CCCCCCCCCCCCCCC(=O)OC[C@H](COP(=O)(O)OC[C@@H](O)COP(=O)(O)OC[C@@H](COC(=O)CCCCCCCCCC)OC(=O)CCCCCCCCCC)OC(=O)CCCCCCCCCCCCCC. The van der Waals surface area contributed by atoms with Crippen molar-refractivity contribution in [3.8, 4) is 0 Å². The van der Waals surface area contributed by atoms with Crippen molar-refractivity contribution in [3.63, 3.8) is 0 Å². The molecule has 0 aliphatic carbocycles. The summed E-state index contributed by atoms with van der Waals surface area (Å²) < 4.78 is 67.8. The van der Waals surface area contributed by atoms with E-state index in [-0.39, 0.29) is 25.7 Å². The fraction of sp³-hybridized carbons (Fsp3) is 0.934. The Kier molecular flexibility index (Phi) is 54.8. The quantitative estimate of drug-likeness (QED) is 0.0222. The smallest absolute Gasteiger partial charge is 0.462 e. The summed E-state index contributed by atoms with van der Waals surface area (Å²) in [5, 5.41) is 10.5. The Morgan fingerprint density at radius 2 is 0.500 bits per heavy atom. The Bertz CT molecular complexity index is 1550. The number of hydrogen-bond acceptors (Lipinski definition) is 15. The highest BCUT2D eigenvalue weighted by Gasteiger charge is 2.30. The molecule has 5 atom stereocenters. The number of aliphatic hydroxyl groups excluding tert-OH is 1. The Morgan fingerprint density at radius 3 is 0.738 bits per heavy atom. The van der Waals surface area contributed by atoms with Gasteiger partial charge in [0.2, 0.25) is 0 Å². The van der Waals surface area contributed by atoms with Crippen LogP contribution in [0.4, 0.5) is 0 Å². The van der Waals surface area contributed by atoms with Gasteiger partial charge in [0.1, 0.15) is 19.3 Å². The zero-order valence-corrected chi connectivity index (χ0v) is 52.8. The van der Waals surface area contributed by atoms with Crippen molar-refractivity contribution in [2.24, 2.45) is 0 Å². The molecule has 0 aliphatic heterocycles. The second-order valence-electron chi connectivity index (χ2n) is 22.1. The summed E-state index contributed by atoms with van der Waals surface area (Å²) in [5.41, 5.74) is 0. The van der Waals surface area contributed by atoms with E-state index in [1.54, 1.807) is 0 Å². The van der Waals surface area contributed by atoms with Gasteiger partial charge in [-0.3, -0.25) is 37.3 Å². The summed E-state index contributed by atoms with van der Waals surface area (Å²) in [6, 6.07) is 0. The van der Waals surface area contributed by atoms with Gasteiger partial charge in [0.05, 0.1) is 26.4 Å². The van der Waals surface area contributed by atoms with Gasteiger partial charge >= 0.3 is 39.5 Å². The van der Waals surface area contributed by atoms with Gasteiger partial charge in [-0.15, -0.1) is 0 Å². The van der Waals surface area contributed by atoms with Gasteiger partial charge in [0.25, 0.3) is 0 Å². The molecule has 0 aromatic rings. The topological polar surface area (TPSA) is 237 Å². The molecule has 3 N–H and O–H groups in total. The van der Waals surface area contributed by atoms with Crippen LogP contribution in [-0.2, 0) is 65.4 Å². The van der Waals surface area contributed by atoms with E-state index in [1.165, 1.54) is 128 Å². The third-order valence-corrected chi connectivity index (χ3v) is 16.0. The van der Waals surface area contributed by atoms with Gasteiger partial charge in [0.15, 0.2) is 12.2 Å². The summed E-state index contributed by atoms with van der Waals surface area (Å²) in [5.74, 6) is -2.14. The minimum atomic E-state index is -4.94. The van der Waals surface area contributed by atoms with Crippen LogP contribution in [0.1, 0.15) is 310 Å². The zero-order chi connectivity index (χ0) is 59.1. The first-order valence-corrected chi connectivity index (χ1v) is 35.3. The minimum absolute atomic E-state index is 0.105. The van der Waals surface area contributed by atoms with E-state index in [4.69, 9.17) is 37.0 Å². The molecule has 0 rings (SSSR count). The molecule has 0 spiro atoms. The predicted molar refractivity (Wildman–Crippen MR) is 317 cm³/mol. The molecule has 80 heavy (non-hydrogen) atoms. The highest BCUT2D eigenvalue weighted by atomic mass is 31.2. The van der Waals surface area contributed by atoms with Gasteiger partial charge < -0.3 is 33.8 Å². The van der Waals surface area contributed by atoms with Gasteiger partial charge in [0, 0.05) is 25.7 Å². The van der Waals surface area contributed by atoms with Crippen molar-refractivity contribution in [2.45, 2.75) is 329 Å². The van der Waals surface area contributed by atoms with Crippen LogP contribution in [0.3, 0.4) is 0 Å². The highest BCUT2D eigenvalue weighted by Crippen LogP contribution is 2.45. The Hall–Kier alpha value is -1.94. The highest BCUT2D eigenvalue weighted by molar-refractivity contribution is 7.47. The van der Waals surface area contributed by atoms with Crippen molar-refractivity contribution in [1.82, 2.24) is 0 Å². The lowest BCUT2D eigenvalue weighted by Crippen LogP contribution is -2.30. The monoisotopic (exact) mass is 1180 g/mol. The van der Waals surface area contributed by atoms with Crippen molar-refractivity contribution >= 4 is 39.5 Å². The third-order valence-electron chi connectivity index (χ3n) is 14.1. The van der Waals surface area contributed by atoms with Gasteiger partial charge in [-0.2, -0.15) is 0 Å². The van der Waals surface area contributed by atoms with Crippen LogP contribution in [0.25, 0.3) is 0 Å². The molecule has 0 radical (unpaired) electrons.